The minimum atomic E-state index is 0.483. The Bertz CT molecular complexity index is 3900. The third kappa shape index (κ3) is 5.53. The SMILES string of the molecule is c1ccc(-c2nc3cccc(-c4nc(-c5ccc(-c6cccc7ccccc67)cc5)nc(-n5c6ccccc6c6ccc7c8ccccc8n(-c8ccccc8)c7c65)n4)c3o2)cc1. The smallest absolute Gasteiger partial charge is 0.238 e. The first-order valence-electron chi connectivity index (χ1n) is 21.1. The van der Waals surface area contributed by atoms with Crippen molar-refractivity contribution in [2.24, 2.45) is 0 Å². The molecule has 0 bridgehead atoms. The molecule has 4 heterocycles. The van der Waals surface area contributed by atoms with Crippen LogP contribution in [0.2, 0.25) is 0 Å². The molecule has 0 radical (unpaired) electrons. The first-order chi connectivity index (χ1) is 31.2. The molecule has 13 aromatic rings. The highest BCUT2D eigenvalue weighted by molar-refractivity contribution is 6.23. The van der Waals surface area contributed by atoms with Gasteiger partial charge in [0.05, 0.1) is 27.6 Å². The van der Waals surface area contributed by atoms with Gasteiger partial charge >= 0.3 is 0 Å². The minimum Gasteiger partial charge on any atom is -0.435 e. The summed E-state index contributed by atoms with van der Waals surface area (Å²) in [5.74, 6) is 2.06. The number of hydrogen-bond donors (Lipinski definition) is 0. The van der Waals surface area contributed by atoms with Crippen molar-refractivity contribution in [1.29, 1.82) is 0 Å². The van der Waals surface area contributed by atoms with Crippen molar-refractivity contribution in [1.82, 2.24) is 29.1 Å². The molecule has 9 aromatic carbocycles. The van der Waals surface area contributed by atoms with Crippen LogP contribution in [0, 0.1) is 0 Å². The van der Waals surface area contributed by atoms with Crippen LogP contribution in [0.15, 0.2) is 211 Å². The molecule has 7 heteroatoms. The molecule has 0 aliphatic carbocycles. The van der Waals surface area contributed by atoms with E-state index in [0.717, 1.165) is 71.7 Å². The lowest BCUT2D eigenvalue weighted by atomic mass is 9.97. The predicted octanol–water partition coefficient (Wildman–Crippen LogP) is 14.0. The van der Waals surface area contributed by atoms with Crippen LogP contribution in [0.1, 0.15) is 0 Å². The van der Waals surface area contributed by atoms with Crippen LogP contribution in [-0.2, 0) is 0 Å². The van der Waals surface area contributed by atoms with Crippen molar-refractivity contribution in [2.75, 3.05) is 0 Å². The van der Waals surface area contributed by atoms with Crippen LogP contribution in [0.4, 0.5) is 0 Å². The molecule has 13 rings (SSSR count). The number of oxazole rings is 1. The topological polar surface area (TPSA) is 74.6 Å². The maximum Gasteiger partial charge on any atom is 0.238 e. The summed E-state index contributed by atoms with van der Waals surface area (Å²) >= 11 is 0. The van der Waals surface area contributed by atoms with Gasteiger partial charge < -0.3 is 8.98 Å². The van der Waals surface area contributed by atoms with Crippen LogP contribution in [-0.4, -0.2) is 29.1 Å². The zero-order valence-electron chi connectivity index (χ0n) is 33.7. The Hall–Kier alpha value is -8.68. The highest BCUT2D eigenvalue weighted by atomic mass is 16.3. The van der Waals surface area contributed by atoms with Crippen molar-refractivity contribution >= 4 is 65.5 Å². The van der Waals surface area contributed by atoms with Gasteiger partial charge in [-0.3, -0.25) is 4.57 Å². The zero-order valence-corrected chi connectivity index (χ0v) is 33.7. The summed E-state index contributed by atoms with van der Waals surface area (Å²) in [6.07, 6.45) is 0. The van der Waals surface area contributed by atoms with Crippen molar-refractivity contribution in [3.8, 4) is 57.0 Å². The normalized spacial score (nSPS) is 11.8. The molecule has 0 aliphatic rings. The van der Waals surface area contributed by atoms with E-state index in [2.05, 4.69) is 167 Å². The molecule has 0 saturated carbocycles. The second-order valence-electron chi connectivity index (χ2n) is 15.8. The second kappa shape index (κ2) is 13.9. The maximum atomic E-state index is 6.59. The van der Waals surface area contributed by atoms with Crippen molar-refractivity contribution in [3.05, 3.63) is 206 Å². The fraction of sp³-hybridized carbons (Fsp3) is 0. The average Bonchev–Trinajstić information content (AvgIpc) is 4.05. The van der Waals surface area contributed by atoms with Gasteiger partial charge in [-0.05, 0) is 70.4 Å². The minimum absolute atomic E-state index is 0.483. The van der Waals surface area contributed by atoms with Gasteiger partial charge in [-0.25, -0.2) is 9.97 Å². The van der Waals surface area contributed by atoms with Gasteiger partial charge in [0, 0.05) is 38.4 Å². The average molecular weight is 807 g/mol. The molecule has 0 amide bonds. The summed E-state index contributed by atoms with van der Waals surface area (Å²) in [5, 5.41) is 6.93. The standard InChI is InChI=1S/C56H34N6O/c1-3-16-38(17-4-1)55-57-47-26-14-25-46(52(47)63-55)54-58-53(37-31-29-36(30-32-37)41-24-13-18-35-15-7-8-21-40(35)41)59-56(60-54)62-49-28-12-10-23-43(49)45-34-33-44-42-22-9-11-27-48(42)61(50(44)51(45)62)39-19-5-2-6-20-39/h1-34H. The van der Waals surface area contributed by atoms with Gasteiger partial charge in [-0.2, -0.15) is 9.97 Å². The van der Waals surface area contributed by atoms with Gasteiger partial charge in [-0.15, -0.1) is 0 Å². The van der Waals surface area contributed by atoms with Gasteiger partial charge in [0.1, 0.15) is 5.52 Å². The van der Waals surface area contributed by atoms with Crippen LogP contribution >= 0.6 is 0 Å². The summed E-state index contributed by atoms with van der Waals surface area (Å²) in [7, 11) is 0. The Morgan fingerprint density at radius 3 is 1.68 bits per heavy atom. The third-order valence-electron chi connectivity index (χ3n) is 12.2. The van der Waals surface area contributed by atoms with Crippen molar-refractivity contribution < 1.29 is 4.42 Å². The number of para-hydroxylation sites is 4. The van der Waals surface area contributed by atoms with Crippen LogP contribution < -0.4 is 0 Å². The van der Waals surface area contributed by atoms with E-state index in [1.54, 1.807) is 0 Å². The molecule has 0 unspecified atom stereocenters. The van der Waals surface area contributed by atoms with E-state index < -0.39 is 0 Å². The van der Waals surface area contributed by atoms with Crippen LogP contribution in [0.25, 0.3) is 122 Å². The fourth-order valence-corrected chi connectivity index (χ4v) is 9.37. The largest absolute Gasteiger partial charge is 0.435 e. The van der Waals surface area contributed by atoms with E-state index in [1.807, 2.05) is 48.5 Å². The number of nitrogens with zero attached hydrogens (tertiary/aromatic N) is 6. The summed E-state index contributed by atoms with van der Waals surface area (Å²) in [6, 6.07) is 71.6. The number of hydrogen-bond acceptors (Lipinski definition) is 5. The third-order valence-corrected chi connectivity index (χ3v) is 12.2. The second-order valence-corrected chi connectivity index (χ2v) is 15.8. The quantitative estimate of drug-likeness (QED) is 0.167. The molecule has 4 aromatic heterocycles. The monoisotopic (exact) mass is 806 g/mol. The summed E-state index contributed by atoms with van der Waals surface area (Å²) < 4.78 is 11.2. The van der Waals surface area contributed by atoms with Crippen LogP contribution in [0.5, 0.6) is 0 Å². The Morgan fingerprint density at radius 1 is 0.349 bits per heavy atom. The summed E-state index contributed by atoms with van der Waals surface area (Å²) in [6.45, 7) is 0. The molecule has 0 N–H and O–H groups in total. The molecule has 0 atom stereocenters. The molecular formula is C56H34N6O. The molecule has 294 valence electrons. The van der Waals surface area contributed by atoms with Gasteiger partial charge in [0.2, 0.25) is 11.8 Å². The van der Waals surface area contributed by atoms with E-state index in [1.165, 1.54) is 21.7 Å². The van der Waals surface area contributed by atoms with Crippen molar-refractivity contribution in [3.63, 3.8) is 0 Å². The fourth-order valence-electron chi connectivity index (χ4n) is 9.37. The lowest BCUT2D eigenvalue weighted by Gasteiger charge is -2.13. The Labute approximate surface area is 360 Å². The van der Waals surface area contributed by atoms with E-state index in [-0.39, 0.29) is 0 Å². The number of aromatic nitrogens is 6. The molecule has 0 spiro atoms. The van der Waals surface area contributed by atoms with Crippen LogP contribution in [0.3, 0.4) is 0 Å². The first-order valence-corrected chi connectivity index (χ1v) is 21.1. The first kappa shape index (κ1) is 35.1. The summed E-state index contributed by atoms with van der Waals surface area (Å²) in [4.78, 5) is 21.0. The molecular weight excluding hydrogens is 773 g/mol. The van der Waals surface area contributed by atoms with Gasteiger partial charge in [0.15, 0.2) is 17.2 Å². The number of fused-ring (bicyclic) bond motifs is 9. The molecule has 0 saturated heterocycles. The lowest BCUT2D eigenvalue weighted by molar-refractivity contribution is 0.620. The maximum absolute atomic E-state index is 6.59. The Balaban J connectivity index is 1.10. The summed E-state index contributed by atoms with van der Waals surface area (Å²) in [5.41, 5.74) is 11.4. The lowest BCUT2D eigenvalue weighted by Crippen LogP contribution is -2.07. The zero-order chi connectivity index (χ0) is 41.4. The van der Waals surface area contributed by atoms with Gasteiger partial charge in [0.25, 0.3) is 0 Å². The van der Waals surface area contributed by atoms with Gasteiger partial charge in [-0.1, -0.05) is 158 Å². The van der Waals surface area contributed by atoms with E-state index in [4.69, 9.17) is 24.4 Å². The highest BCUT2D eigenvalue weighted by Crippen LogP contribution is 2.42. The molecule has 0 aliphatic heterocycles. The molecule has 7 nitrogen and oxygen atoms in total. The number of benzene rings is 9. The predicted molar refractivity (Wildman–Crippen MR) is 255 cm³/mol. The molecule has 0 fully saturated rings. The molecule has 63 heavy (non-hydrogen) atoms. The number of rotatable bonds is 6. The van der Waals surface area contributed by atoms with E-state index >= 15 is 0 Å². The Kier molecular flexibility index (Phi) is 7.77. The van der Waals surface area contributed by atoms with E-state index in [0.29, 0.717) is 29.1 Å². The Morgan fingerprint density at radius 2 is 0.921 bits per heavy atom. The van der Waals surface area contributed by atoms with E-state index in [9.17, 15) is 0 Å². The highest BCUT2D eigenvalue weighted by Gasteiger charge is 2.24. The van der Waals surface area contributed by atoms with Crippen molar-refractivity contribution in [2.45, 2.75) is 0 Å².